The predicted octanol–water partition coefficient (Wildman–Crippen LogP) is 1.42. The fourth-order valence-electron chi connectivity index (χ4n) is 1.47. The molecule has 3 radical (unpaired) electrons. The number of benzene rings is 2. The molecule has 0 atom stereocenters. The lowest BCUT2D eigenvalue weighted by Gasteiger charge is -2.05. The van der Waals surface area contributed by atoms with Gasteiger partial charge in [0.05, 0.1) is 15.8 Å². The standard InChI is InChI=1S/C13H9O2Si/c14-12(9-5-2-1-3-6-9)10-7-4-8-11(16)13(10)15/h1-8,15H. The highest BCUT2D eigenvalue weighted by Gasteiger charge is 2.13. The van der Waals surface area contributed by atoms with E-state index in [4.69, 9.17) is 0 Å². The van der Waals surface area contributed by atoms with Crippen LogP contribution in [0.1, 0.15) is 15.9 Å². The maximum Gasteiger partial charge on any atom is 0.196 e. The van der Waals surface area contributed by atoms with E-state index in [1.165, 1.54) is 0 Å². The fraction of sp³-hybridized carbons (Fsp3) is 0. The van der Waals surface area contributed by atoms with Gasteiger partial charge in [-0.25, -0.2) is 0 Å². The van der Waals surface area contributed by atoms with Crippen molar-refractivity contribution in [1.82, 2.24) is 0 Å². The fourth-order valence-corrected chi connectivity index (χ4v) is 1.70. The molecule has 0 amide bonds. The molecule has 2 rings (SSSR count). The molecule has 0 saturated heterocycles. The minimum atomic E-state index is -0.182. The van der Waals surface area contributed by atoms with Gasteiger partial charge >= 0.3 is 0 Å². The number of phenolic OH excluding ortho intramolecular Hbond substituents is 1. The van der Waals surface area contributed by atoms with Gasteiger partial charge in [0.25, 0.3) is 0 Å². The van der Waals surface area contributed by atoms with Crippen molar-refractivity contribution in [2.75, 3.05) is 0 Å². The average molecular weight is 225 g/mol. The summed E-state index contributed by atoms with van der Waals surface area (Å²) < 4.78 is 0. The van der Waals surface area contributed by atoms with Crippen LogP contribution in [0.2, 0.25) is 0 Å². The van der Waals surface area contributed by atoms with Crippen LogP contribution >= 0.6 is 0 Å². The molecular weight excluding hydrogens is 216 g/mol. The molecule has 0 aliphatic rings. The smallest absolute Gasteiger partial charge is 0.196 e. The van der Waals surface area contributed by atoms with Gasteiger partial charge in [0, 0.05) is 5.56 Å². The van der Waals surface area contributed by atoms with Gasteiger partial charge in [-0.3, -0.25) is 4.79 Å². The molecule has 0 bridgehead atoms. The van der Waals surface area contributed by atoms with Crippen LogP contribution in [-0.4, -0.2) is 21.1 Å². The highest BCUT2D eigenvalue weighted by molar-refractivity contribution is 6.35. The summed E-state index contributed by atoms with van der Waals surface area (Å²) in [6.07, 6.45) is 0. The van der Waals surface area contributed by atoms with Gasteiger partial charge in [0.15, 0.2) is 5.78 Å². The number of aromatic hydroxyl groups is 1. The number of para-hydroxylation sites is 1. The summed E-state index contributed by atoms with van der Waals surface area (Å²) in [6, 6.07) is 13.9. The van der Waals surface area contributed by atoms with Gasteiger partial charge < -0.3 is 5.11 Å². The maximum atomic E-state index is 12.0. The van der Waals surface area contributed by atoms with Crippen molar-refractivity contribution >= 4 is 21.2 Å². The molecule has 0 heterocycles. The van der Waals surface area contributed by atoms with Crippen molar-refractivity contribution < 1.29 is 9.90 Å². The van der Waals surface area contributed by atoms with Crippen molar-refractivity contribution in [3.05, 3.63) is 59.7 Å². The number of rotatable bonds is 2. The van der Waals surface area contributed by atoms with E-state index >= 15 is 0 Å². The molecular formula is C13H9O2Si. The summed E-state index contributed by atoms with van der Waals surface area (Å²) in [5, 5.41) is 10.3. The summed E-state index contributed by atoms with van der Waals surface area (Å²) in [7, 11) is 3.24. The average Bonchev–Trinajstić information content (AvgIpc) is 2.33. The molecule has 0 saturated carbocycles. The van der Waals surface area contributed by atoms with Crippen LogP contribution in [-0.2, 0) is 0 Å². The second-order valence-corrected chi connectivity index (χ2v) is 3.94. The van der Waals surface area contributed by atoms with E-state index in [1.807, 2.05) is 6.07 Å². The van der Waals surface area contributed by atoms with E-state index < -0.39 is 0 Å². The lowest BCUT2D eigenvalue weighted by molar-refractivity contribution is 0.103. The van der Waals surface area contributed by atoms with E-state index in [0.29, 0.717) is 16.3 Å². The Morgan fingerprint density at radius 1 is 1.00 bits per heavy atom. The molecule has 0 aliphatic heterocycles. The summed E-state index contributed by atoms with van der Waals surface area (Å²) in [4.78, 5) is 12.0. The van der Waals surface area contributed by atoms with Crippen molar-refractivity contribution in [2.45, 2.75) is 0 Å². The van der Waals surface area contributed by atoms with Gasteiger partial charge in [0.2, 0.25) is 0 Å². The SMILES string of the molecule is O=C(c1ccccc1)c1cccc([Si])c1O. The first kappa shape index (κ1) is 10.6. The minimum Gasteiger partial charge on any atom is -0.507 e. The highest BCUT2D eigenvalue weighted by Crippen LogP contribution is 2.17. The number of carbonyl (C=O) groups excluding carboxylic acids is 1. The molecule has 0 unspecified atom stereocenters. The van der Waals surface area contributed by atoms with Crippen LogP contribution in [0.25, 0.3) is 0 Å². The minimum absolute atomic E-state index is 0.0204. The molecule has 2 aromatic carbocycles. The van der Waals surface area contributed by atoms with E-state index in [0.717, 1.165) is 0 Å². The van der Waals surface area contributed by atoms with Crippen molar-refractivity contribution in [3.63, 3.8) is 0 Å². The van der Waals surface area contributed by atoms with Crippen LogP contribution in [0.15, 0.2) is 48.5 Å². The molecule has 16 heavy (non-hydrogen) atoms. The van der Waals surface area contributed by atoms with E-state index in [9.17, 15) is 9.90 Å². The molecule has 3 heteroatoms. The van der Waals surface area contributed by atoms with Crippen molar-refractivity contribution in [2.24, 2.45) is 0 Å². The molecule has 0 fully saturated rings. The van der Waals surface area contributed by atoms with Gasteiger partial charge in [-0.15, -0.1) is 0 Å². The number of carbonyl (C=O) groups is 1. The Balaban J connectivity index is 2.46. The lowest BCUT2D eigenvalue weighted by atomic mass is 10.0. The lowest BCUT2D eigenvalue weighted by Crippen LogP contribution is -2.09. The van der Waals surface area contributed by atoms with Crippen LogP contribution < -0.4 is 5.19 Å². The molecule has 0 aliphatic carbocycles. The van der Waals surface area contributed by atoms with Crippen LogP contribution in [0.5, 0.6) is 5.75 Å². The van der Waals surface area contributed by atoms with Crippen LogP contribution in [0.3, 0.4) is 0 Å². The Kier molecular flexibility index (Phi) is 2.88. The molecule has 77 valence electrons. The van der Waals surface area contributed by atoms with Crippen molar-refractivity contribution in [3.8, 4) is 5.75 Å². The van der Waals surface area contributed by atoms with Gasteiger partial charge in [-0.2, -0.15) is 0 Å². The Labute approximate surface area is 97.0 Å². The quantitative estimate of drug-likeness (QED) is 0.620. The molecule has 2 aromatic rings. The number of hydrogen-bond donors (Lipinski definition) is 1. The summed E-state index contributed by atoms with van der Waals surface area (Å²) in [5.41, 5.74) is 0.869. The first-order valence-corrected chi connectivity index (χ1v) is 5.33. The molecule has 2 nitrogen and oxygen atoms in total. The topological polar surface area (TPSA) is 37.3 Å². The first-order chi connectivity index (χ1) is 7.70. The van der Waals surface area contributed by atoms with Crippen LogP contribution in [0.4, 0.5) is 0 Å². The Morgan fingerprint density at radius 3 is 2.38 bits per heavy atom. The summed E-state index contributed by atoms with van der Waals surface area (Å²) in [6.45, 7) is 0. The van der Waals surface area contributed by atoms with Gasteiger partial charge in [0.1, 0.15) is 5.75 Å². The highest BCUT2D eigenvalue weighted by atomic mass is 28.1. The number of phenols is 1. The third-order valence-electron chi connectivity index (χ3n) is 2.32. The first-order valence-electron chi connectivity index (χ1n) is 4.83. The Hall–Kier alpha value is -1.87. The summed E-state index contributed by atoms with van der Waals surface area (Å²) in [5.74, 6) is -0.203. The number of ketones is 1. The van der Waals surface area contributed by atoms with E-state index in [-0.39, 0.29) is 11.5 Å². The molecule has 1 N–H and O–H groups in total. The zero-order valence-electron chi connectivity index (χ0n) is 8.47. The van der Waals surface area contributed by atoms with E-state index in [1.54, 1.807) is 42.5 Å². The second-order valence-electron chi connectivity index (χ2n) is 3.40. The molecule has 0 aromatic heterocycles. The summed E-state index contributed by atoms with van der Waals surface area (Å²) >= 11 is 0. The molecule has 0 spiro atoms. The Bertz CT molecular complexity index is 521. The second kappa shape index (κ2) is 4.33. The van der Waals surface area contributed by atoms with Crippen LogP contribution in [0, 0.1) is 0 Å². The van der Waals surface area contributed by atoms with E-state index in [2.05, 4.69) is 10.2 Å². The maximum absolute atomic E-state index is 12.0. The largest absolute Gasteiger partial charge is 0.507 e. The third-order valence-corrected chi connectivity index (χ3v) is 2.72. The monoisotopic (exact) mass is 225 g/mol. The van der Waals surface area contributed by atoms with Gasteiger partial charge in [-0.05, 0) is 11.3 Å². The van der Waals surface area contributed by atoms with Gasteiger partial charge in [-0.1, -0.05) is 42.5 Å². The number of hydrogen-bond acceptors (Lipinski definition) is 2. The normalized spacial score (nSPS) is 10.1. The zero-order chi connectivity index (χ0) is 11.5. The third kappa shape index (κ3) is 1.90. The zero-order valence-corrected chi connectivity index (χ0v) is 9.47. The predicted molar refractivity (Wildman–Crippen MR) is 63.4 cm³/mol. The van der Waals surface area contributed by atoms with Crippen molar-refractivity contribution in [1.29, 1.82) is 0 Å². The Morgan fingerprint density at radius 2 is 1.69 bits per heavy atom.